The smallest absolute Gasteiger partial charge is 0.113 e. The molecule has 2 N–H and O–H groups in total. The molecule has 0 unspecified atom stereocenters. The van der Waals surface area contributed by atoms with Crippen molar-refractivity contribution < 1.29 is 0 Å². The van der Waals surface area contributed by atoms with E-state index in [2.05, 4.69) is 51.4 Å². The van der Waals surface area contributed by atoms with Gasteiger partial charge in [0.25, 0.3) is 0 Å². The molecule has 2 aromatic heterocycles. The molecule has 0 spiro atoms. The molecule has 5 heteroatoms. The molecule has 2 aromatic carbocycles. The Labute approximate surface area is 140 Å². The summed E-state index contributed by atoms with van der Waals surface area (Å²) in [5.74, 6) is 0. The Kier molecular flexibility index (Phi) is 3.75. The van der Waals surface area contributed by atoms with E-state index in [0.717, 1.165) is 36.5 Å². The minimum absolute atomic E-state index is 0.738. The van der Waals surface area contributed by atoms with Crippen LogP contribution in [0.4, 0.5) is 5.69 Å². The Morgan fingerprint density at radius 1 is 0.958 bits per heavy atom. The molecule has 0 radical (unpaired) electrons. The lowest BCUT2D eigenvalue weighted by molar-refractivity contribution is 0.520. The van der Waals surface area contributed by atoms with Crippen molar-refractivity contribution in [3.05, 3.63) is 67.0 Å². The van der Waals surface area contributed by atoms with Gasteiger partial charge in [0.2, 0.25) is 0 Å². The highest BCUT2D eigenvalue weighted by molar-refractivity contribution is 5.79. The van der Waals surface area contributed by atoms with Crippen LogP contribution in [0.15, 0.2) is 67.0 Å². The molecule has 0 aliphatic heterocycles. The van der Waals surface area contributed by atoms with Gasteiger partial charge in [-0.1, -0.05) is 35.5 Å². The van der Waals surface area contributed by atoms with Crippen LogP contribution in [0.3, 0.4) is 0 Å². The van der Waals surface area contributed by atoms with Crippen LogP contribution in [0.1, 0.15) is 6.42 Å². The summed E-state index contributed by atoms with van der Waals surface area (Å²) in [6.45, 7) is 1.79. The third-order valence-corrected chi connectivity index (χ3v) is 4.19. The van der Waals surface area contributed by atoms with Crippen LogP contribution in [-0.2, 0) is 13.1 Å². The van der Waals surface area contributed by atoms with Crippen molar-refractivity contribution in [2.75, 3.05) is 5.73 Å². The quantitative estimate of drug-likeness (QED) is 0.572. The number of fused-ring (bicyclic) bond motifs is 1. The summed E-state index contributed by atoms with van der Waals surface area (Å²) in [7, 11) is 0. The SMILES string of the molecule is Nc1cccc(-c2cn(CCCn3ccc4ccccc43)nn2)c1. The first-order chi connectivity index (χ1) is 11.8. The van der Waals surface area contributed by atoms with Gasteiger partial charge < -0.3 is 10.3 Å². The zero-order valence-corrected chi connectivity index (χ0v) is 13.3. The first kappa shape index (κ1) is 14.5. The number of nitrogen functional groups attached to an aromatic ring is 1. The van der Waals surface area contributed by atoms with Gasteiger partial charge in [0.05, 0.1) is 6.20 Å². The van der Waals surface area contributed by atoms with E-state index in [1.54, 1.807) is 0 Å². The Balaban J connectivity index is 1.42. The number of rotatable bonds is 5. The maximum absolute atomic E-state index is 5.82. The van der Waals surface area contributed by atoms with Crippen LogP contribution in [-0.4, -0.2) is 19.6 Å². The molecule has 0 aliphatic rings. The van der Waals surface area contributed by atoms with Crippen LogP contribution in [0.2, 0.25) is 0 Å². The summed E-state index contributed by atoms with van der Waals surface area (Å²) < 4.78 is 4.18. The first-order valence-electron chi connectivity index (χ1n) is 8.09. The fourth-order valence-electron chi connectivity index (χ4n) is 2.98. The third-order valence-electron chi connectivity index (χ3n) is 4.19. The van der Waals surface area contributed by atoms with Crippen molar-refractivity contribution in [1.82, 2.24) is 19.6 Å². The summed E-state index contributed by atoms with van der Waals surface area (Å²) in [4.78, 5) is 0. The number of aryl methyl sites for hydroxylation is 2. The normalized spacial score (nSPS) is 11.2. The van der Waals surface area contributed by atoms with Gasteiger partial charge in [0.15, 0.2) is 0 Å². The zero-order valence-electron chi connectivity index (χ0n) is 13.3. The topological polar surface area (TPSA) is 61.7 Å². The predicted octanol–water partition coefficient (Wildman–Crippen LogP) is 3.57. The highest BCUT2D eigenvalue weighted by Crippen LogP contribution is 2.19. The number of aromatic nitrogens is 4. The molecule has 5 nitrogen and oxygen atoms in total. The van der Waals surface area contributed by atoms with Crippen molar-refractivity contribution in [2.45, 2.75) is 19.5 Å². The molecule has 0 amide bonds. The molecule has 120 valence electrons. The highest BCUT2D eigenvalue weighted by Gasteiger charge is 2.05. The van der Waals surface area contributed by atoms with Gasteiger partial charge in [-0.15, -0.1) is 5.10 Å². The van der Waals surface area contributed by atoms with Crippen molar-refractivity contribution >= 4 is 16.6 Å². The summed E-state index contributed by atoms with van der Waals surface area (Å²) >= 11 is 0. The minimum atomic E-state index is 0.738. The highest BCUT2D eigenvalue weighted by atomic mass is 15.4. The van der Waals surface area contributed by atoms with Crippen molar-refractivity contribution in [2.24, 2.45) is 0 Å². The van der Waals surface area contributed by atoms with Crippen LogP contribution >= 0.6 is 0 Å². The zero-order chi connectivity index (χ0) is 16.4. The number of para-hydroxylation sites is 1. The van der Waals surface area contributed by atoms with Crippen LogP contribution in [0.5, 0.6) is 0 Å². The van der Waals surface area contributed by atoms with Crippen LogP contribution in [0.25, 0.3) is 22.2 Å². The summed E-state index contributed by atoms with van der Waals surface area (Å²) in [5.41, 5.74) is 9.69. The fraction of sp³-hybridized carbons (Fsp3) is 0.158. The lowest BCUT2D eigenvalue weighted by atomic mass is 10.1. The minimum Gasteiger partial charge on any atom is -0.399 e. The average molecular weight is 317 g/mol. The van der Waals surface area contributed by atoms with E-state index in [0.29, 0.717) is 0 Å². The number of hydrogen-bond donors (Lipinski definition) is 1. The van der Waals surface area contributed by atoms with E-state index in [9.17, 15) is 0 Å². The first-order valence-corrected chi connectivity index (χ1v) is 8.09. The molecule has 0 saturated heterocycles. The summed E-state index contributed by atoms with van der Waals surface area (Å²) in [6, 6.07) is 18.3. The van der Waals surface area contributed by atoms with Crippen LogP contribution < -0.4 is 5.73 Å². The van der Waals surface area contributed by atoms with Gasteiger partial charge in [-0.3, -0.25) is 4.68 Å². The number of benzene rings is 2. The molecule has 0 saturated carbocycles. The summed E-state index contributed by atoms with van der Waals surface area (Å²) in [5, 5.41) is 9.74. The predicted molar refractivity (Wildman–Crippen MR) is 96.4 cm³/mol. The van der Waals surface area contributed by atoms with E-state index >= 15 is 0 Å². The van der Waals surface area contributed by atoms with Crippen LogP contribution in [0, 0.1) is 0 Å². The number of hydrogen-bond acceptors (Lipinski definition) is 3. The second-order valence-electron chi connectivity index (χ2n) is 5.91. The lowest BCUT2D eigenvalue weighted by Crippen LogP contribution is -2.03. The summed E-state index contributed by atoms with van der Waals surface area (Å²) in [6.07, 6.45) is 5.12. The molecule has 2 heterocycles. The van der Waals surface area contributed by atoms with E-state index in [4.69, 9.17) is 5.73 Å². The Bertz CT molecular complexity index is 966. The molecule has 0 atom stereocenters. The molecular formula is C19H19N5. The Morgan fingerprint density at radius 3 is 2.79 bits per heavy atom. The second-order valence-corrected chi connectivity index (χ2v) is 5.91. The Morgan fingerprint density at radius 2 is 1.88 bits per heavy atom. The standard InChI is InChI=1S/C19H19N5/c20-17-7-3-6-16(13-17)18-14-24(22-21-18)11-4-10-23-12-9-15-5-1-2-8-19(15)23/h1-3,5-9,12-14H,4,10-11,20H2. The van der Waals surface area contributed by atoms with Gasteiger partial charge in [0.1, 0.15) is 5.69 Å². The Hall–Kier alpha value is -3.08. The maximum atomic E-state index is 5.82. The van der Waals surface area contributed by atoms with Gasteiger partial charge in [0, 0.05) is 36.1 Å². The molecular weight excluding hydrogens is 298 g/mol. The number of nitrogens with two attached hydrogens (primary N) is 1. The fourth-order valence-corrected chi connectivity index (χ4v) is 2.98. The van der Waals surface area contributed by atoms with Crippen molar-refractivity contribution in [3.63, 3.8) is 0 Å². The van der Waals surface area contributed by atoms with E-state index in [-0.39, 0.29) is 0 Å². The van der Waals surface area contributed by atoms with E-state index < -0.39 is 0 Å². The van der Waals surface area contributed by atoms with Gasteiger partial charge in [-0.05, 0) is 36.1 Å². The third kappa shape index (κ3) is 2.88. The number of nitrogens with zero attached hydrogens (tertiary/aromatic N) is 4. The monoisotopic (exact) mass is 317 g/mol. The largest absolute Gasteiger partial charge is 0.399 e. The average Bonchev–Trinajstić information content (AvgIpc) is 3.23. The van der Waals surface area contributed by atoms with Gasteiger partial charge in [-0.25, -0.2) is 0 Å². The molecule has 4 aromatic rings. The van der Waals surface area contributed by atoms with E-state index in [1.807, 2.05) is 35.1 Å². The maximum Gasteiger partial charge on any atom is 0.113 e. The molecule has 24 heavy (non-hydrogen) atoms. The molecule has 0 fully saturated rings. The second kappa shape index (κ2) is 6.20. The van der Waals surface area contributed by atoms with Crippen molar-refractivity contribution in [3.8, 4) is 11.3 Å². The van der Waals surface area contributed by atoms with Gasteiger partial charge >= 0.3 is 0 Å². The van der Waals surface area contributed by atoms with E-state index in [1.165, 1.54) is 10.9 Å². The van der Waals surface area contributed by atoms with Gasteiger partial charge in [-0.2, -0.15) is 0 Å². The molecule has 0 aliphatic carbocycles. The van der Waals surface area contributed by atoms with Crippen molar-refractivity contribution in [1.29, 1.82) is 0 Å². The number of anilines is 1. The lowest BCUT2D eigenvalue weighted by Gasteiger charge is -2.05. The molecule has 0 bridgehead atoms. The molecule has 4 rings (SSSR count).